The highest BCUT2D eigenvalue weighted by molar-refractivity contribution is 6.05. The van der Waals surface area contributed by atoms with Crippen molar-refractivity contribution in [2.24, 2.45) is 5.73 Å². The van der Waals surface area contributed by atoms with Crippen LogP contribution >= 0.6 is 0 Å². The SMILES string of the molecule is CCCC(=CC1=C(N)CN(C2CCC(=O)NC2=O)C1=O)CC. The zero-order valence-corrected chi connectivity index (χ0v) is 13.1. The number of nitrogens with zero attached hydrogens (tertiary/aromatic N) is 1. The van der Waals surface area contributed by atoms with Gasteiger partial charge in [0.1, 0.15) is 6.04 Å². The van der Waals surface area contributed by atoms with Crippen molar-refractivity contribution in [1.29, 1.82) is 0 Å². The van der Waals surface area contributed by atoms with Crippen LogP contribution in [0.15, 0.2) is 22.9 Å². The van der Waals surface area contributed by atoms with Crippen molar-refractivity contribution >= 4 is 17.7 Å². The maximum Gasteiger partial charge on any atom is 0.256 e. The molecule has 1 unspecified atom stereocenters. The Kier molecular flexibility index (Phi) is 5.00. The van der Waals surface area contributed by atoms with Gasteiger partial charge in [-0.3, -0.25) is 19.7 Å². The molecule has 6 heteroatoms. The summed E-state index contributed by atoms with van der Waals surface area (Å²) in [7, 11) is 0. The van der Waals surface area contributed by atoms with E-state index in [0.29, 0.717) is 17.7 Å². The quantitative estimate of drug-likeness (QED) is 0.741. The fraction of sp³-hybridized carbons (Fsp3) is 0.562. The zero-order valence-electron chi connectivity index (χ0n) is 13.1. The molecule has 2 aliphatic rings. The number of carbonyl (C=O) groups excluding carboxylic acids is 3. The molecule has 0 aliphatic carbocycles. The monoisotopic (exact) mass is 305 g/mol. The molecule has 2 aliphatic heterocycles. The van der Waals surface area contributed by atoms with E-state index < -0.39 is 11.9 Å². The second-order valence-electron chi connectivity index (χ2n) is 5.75. The lowest BCUT2D eigenvalue weighted by atomic mass is 10.0. The topological polar surface area (TPSA) is 92.5 Å². The van der Waals surface area contributed by atoms with Gasteiger partial charge in [-0.05, 0) is 25.3 Å². The lowest BCUT2D eigenvalue weighted by Gasteiger charge is -2.29. The highest BCUT2D eigenvalue weighted by Crippen LogP contribution is 2.25. The Morgan fingerprint density at radius 2 is 2.09 bits per heavy atom. The van der Waals surface area contributed by atoms with Crippen LogP contribution in [-0.4, -0.2) is 35.2 Å². The molecule has 0 aromatic carbocycles. The van der Waals surface area contributed by atoms with Gasteiger partial charge in [0.2, 0.25) is 11.8 Å². The summed E-state index contributed by atoms with van der Waals surface area (Å²) < 4.78 is 0. The van der Waals surface area contributed by atoms with Crippen LogP contribution in [0.2, 0.25) is 0 Å². The predicted octanol–water partition coefficient (Wildman–Crippen LogP) is 0.983. The summed E-state index contributed by atoms with van der Waals surface area (Å²) in [4.78, 5) is 37.2. The van der Waals surface area contributed by atoms with E-state index in [9.17, 15) is 14.4 Å². The molecule has 2 heterocycles. The highest BCUT2D eigenvalue weighted by Gasteiger charge is 2.39. The van der Waals surface area contributed by atoms with E-state index in [1.54, 1.807) is 0 Å². The molecule has 3 N–H and O–H groups in total. The molecule has 2 rings (SSSR count). The Morgan fingerprint density at radius 1 is 1.36 bits per heavy atom. The van der Waals surface area contributed by atoms with Gasteiger partial charge in [0.25, 0.3) is 5.91 Å². The van der Waals surface area contributed by atoms with E-state index in [0.717, 1.165) is 19.3 Å². The Labute approximate surface area is 130 Å². The highest BCUT2D eigenvalue weighted by atomic mass is 16.2. The van der Waals surface area contributed by atoms with Crippen LogP contribution in [0.5, 0.6) is 0 Å². The fourth-order valence-electron chi connectivity index (χ4n) is 2.89. The lowest BCUT2D eigenvalue weighted by molar-refractivity contribution is -0.142. The average molecular weight is 305 g/mol. The molecule has 6 nitrogen and oxygen atoms in total. The van der Waals surface area contributed by atoms with Gasteiger partial charge in [0, 0.05) is 12.1 Å². The molecule has 1 atom stereocenters. The molecule has 1 fully saturated rings. The maximum absolute atomic E-state index is 12.6. The minimum atomic E-state index is -0.606. The third-order valence-electron chi connectivity index (χ3n) is 4.14. The second kappa shape index (κ2) is 6.77. The molecular weight excluding hydrogens is 282 g/mol. The molecular formula is C16H23N3O3. The predicted molar refractivity (Wildman–Crippen MR) is 82.4 cm³/mol. The van der Waals surface area contributed by atoms with Gasteiger partial charge in [0.05, 0.1) is 12.1 Å². The molecule has 3 amide bonds. The van der Waals surface area contributed by atoms with Gasteiger partial charge in [-0.1, -0.05) is 25.8 Å². The van der Waals surface area contributed by atoms with Crippen LogP contribution in [0, 0.1) is 0 Å². The van der Waals surface area contributed by atoms with Crippen molar-refractivity contribution < 1.29 is 14.4 Å². The minimum Gasteiger partial charge on any atom is -0.400 e. The van der Waals surface area contributed by atoms with E-state index in [1.165, 1.54) is 10.5 Å². The van der Waals surface area contributed by atoms with Gasteiger partial charge in [-0.25, -0.2) is 0 Å². The van der Waals surface area contributed by atoms with Crippen LogP contribution in [-0.2, 0) is 14.4 Å². The van der Waals surface area contributed by atoms with Gasteiger partial charge < -0.3 is 10.6 Å². The third kappa shape index (κ3) is 3.21. The summed E-state index contributed by atoms with van der Waals surface area (Å²) in [5.74, 6) is -0.911. The van der Waals surface area contributed by atoms with Crippen molar-refractivity contribution in [2.75, 3.05) is 6.54 Å². The van der Waals surface area contributed by atoms with E-state index in [-0.39, 0.29) is 24.8 Å². The fourth-order valence-corrected chi connectivity index (χ4v) is 2.89. The summed E-state index contributed by atoms with van der Waals surface area (Å²) in [6, 6.07) is -0.606. The van der Waals surface area contributed by atoms with Crippen molar-refractivity contribution in [3.05, 3.63) is 22.9 Å². The average Bonchev–Trinajstić information content (AvgIpc) is 2.74. The van der Waals surface area contributed by atoms with Gasteiger partial charge in [0.15, 0.2) is 0 Å². The van der Waals surface area contributed by atoms with Crippen LogP contribution in [0.25, 0.3) is 0 Å². The summed E-state index contributed by atoms with van der Waals surface area (Å²) in [6.07, 6.45) is 5.29. The first-order chi connectivity index (χ1) is 10.5. The number of hydrogen-bond acceptors (Lipinski definition) is 4. The van der Waals surface area contributed by atoms with Crippen molar-refractivity contribution in [3.8, 4) is 0 Å². The first-order valence-corrected chi connectivity index (χ1v) is 7.80. The van der Waals surface area contributed by atoms with Gasteiger partial charge in [-0.2, -0.15) is 0 Å². The normalized spacial score (nSPS) is 23.4. The summed E-state index contributed by atoms with van der Waals surface area (Å²) >= 11 is 0. The second-order valence-corrected chi connectivity index (χ2v) is 5.75. The largest absolute Gasteiger partial charge is 0.400 e. The molecule has 0 spiro atoms. The first kappa shape index (κ1) is 16.3. The van der Waals surface area contributed by atoms with Gasteiger partial charge >= 0.3 is 0 Å². The Balaban J connectivity index is 2.16. The van der Waals surface area contributed by atoms with Crippen molar-refractivity contribution in [1.82, 2.24) is 10.2 Å². The summed E-state index contributed by atoms with van der Waals surface area (Å²) in [6.45, 7) is 4.39. The molecule has 0 bridgehead atoms. The first-order valence-electron chi connectivity index (χ1n) is 7.80. The zero-order chi connectivity index (χ0) is 16.3. The number of allylic oxidation sites excluding steroid dienone is 1. The molecule has 0 aromatic heterocycles. The third-order valence-corrected chi connectivity index (χ3v) is 4.14. The molecule has 0 radical (unpaired) electrons. The number of piperidine rings is 1. The van der Waals surface area contributed by atoms with Crippen LogP contribution in [0.3, 0.4) is 0 Å². The number of nitrogens with two attached hydrogens (primary N) is 1. The summed E-state index contributed by atoms with van der Waals surface area (Å²) in [5, 5.41) is 2.28. The number of rotatable bonds is 5. The number of carbonyl (C=O) groups is 3. The van der Waals surface area contributed by atoms with Crippen LogP contribution < -0.4 is 11.1 Å². The number of nitrogens with one attached hydrogen (secondary N) is 1. The van der Waals surface area contributed by atoms with E-state index in [1.807, 2.05) is 6.08 Å². The van der Waals surface area contributed by atoms with E-state index >= 15 is 0 Å². The van der Waals surface area contributed by atoms with Crippen molar-refractivity contribution in [2.45, 2.75) is 52.0 Å². The van der Waals surface area contributed by atoms with E-state index in [2.05, 4.69) is 19.2 Å². The Morgan fingerprint density at radius 3 is 2.68 bits per heavy atom. The number of hydrogen-bond donors (Lipinski definition) is 2. The number of imide groups is 1. The maximum atomic E-state index is 12.6. The summed E-state index contributed by atoms with van der Waals surface area (Å²) in [5.41, 5.74) is 8.18. The van der Waals surface area contributed by atoms with Crippen LogP contribution in [0.4, 0.5) is 0 Å². The smallest absolute Gasteiger partial charge is 0.256 e. The molecule has 0 saturated carbocycles. The lowest BCUT2D eigenvalue weighted by Crippen LogP contribution is -2.53. The Bertz CT molecular complexity index is 563. The van der Waals surface area contributed by atoms with Crippen LogP contribution in [0.1, 0.15) is 46.0 Å². The Hall–Kier alpha value is -2.11. The minimum absolute atomic E-state index is 0.214. The van der Waals surface area contributed by atoms with Crippen molar-refractivity contribution in [3.63, 3.8) is 0 Å². The van der Waals surface area contributed by atoms with E-state index in [4.69, 9.17) is 5.73 Å². The standard InChI is InChI=1S/C16H23N3O3/c1-3-5-10(4-2)8-11-12(17)9-19(16(11)22)13-6-7-14(20)18-15(13)21/h8,13H,3-7,9,17H2,1-2H3,(H,18,20,21). The molecule has 22 heavy (non-hydrogen) atoms. The molecule has 0 aromatic rings. The molecule has 120 valence electrons. The molecule has 1 saturated heterocycles. The number of amides is 3. The van der Waals surface area contributed by atoms with Gasteiger partial charge in [-0.15, -0.1) is 0 Å².